The quantitative estimate of drug-likeness (QED) is 0.437. The Morgan fingerprint density at radius 1 is 1.05 bits per heavy atom. The third-order valence-corrected chi connectivity index (χ3v) is 7.35. The lowest BCUT2D eigenvalue weighted by Crippen LogP contribution is -2.63. The minimum absolute atomic E-state index is 0.140. The molecule has 3 aliphatic heterocycles. The van der Waals surface area contributed by atoms with E-state index in [9.17, 15) is 14.4 Å². The molecule has 1 fully saturated rings. The first-order chi connectivity index (χ1) is 18.6. The fourth-order valence-corrected chi connectivity index (χ4v) is 5.70. The summed E-state index contributed by atoms with van der Waals surface area (Å²) in [4.78, 5) is 50.7. The molecule has 0 aliphatic carbocycles. The number of hydrogen-bond donors (Lipinski definition) is 2. The molecule has 0 spiro atoms. The molecule has 4 aromatic rings. The number of H-pyrrole nitrogens is 1. The van der Waals surface area contributed by atoms with Crippen molar-refractivity contribution < 1.29 is 23.9 Å². The summed E-state index contributed by atoms with van der Waals surface area (Å²) < 4.78 is 11.1. The summed E-state index contributed by atoms with van der Waals surface area (Å²) in [6.07, 6.45) is 3.49. The molecule has 3 amide bonds. The smallest absolute Gasteiger partial charge is 0.246 e. The Balaban J connectivity index is 1.26. The molecule has 1 saturated heterocycles. The number of pyridine rings is 1. The Morgan fingerprint density at radius 3 is 2.74 bits per heavy atom. The summed E-state index contributed by atoms with van der Waals surface area (Å²) in [6.45, 7) is -0.260. The summed E-state index contributed by atoms with van der Waals surface area (Å²) in [6, 6.07) is 15.6. The van der Waals surface area contributed by atoms with Crippen LogP contribution in [0.5, 0.6) is 11.5 Å². The molecule has 0 bridgehead atoms. The van der Waals surface area contributed by atoms with Gasteiger partial charge in [-0.15, -0.1) is 0 Å². The van der Waals surface area contributed by atoms with Gasteiger partial charge in [-0.1, -0.05) is 24.3 Å². The molecule has 38 heavy (non-hydrogen) atoms. The second kappa shape index (κ2) is 8.62. The van der Waals surface area contributed by atoms with E-state index in [1.807, 2.05) is 42.5 Å². The van der Waals surface area contributed by atoms with Crippen LogP contribution in [0.15, 0.2) is 67.0 Å². The van der Waals surface area contributed by atoms with Gasteiger partial charge in [-0.2, -0.15) is 0 Å². The highest BCUT2D eigenvalue weighted by molar-refractivity contribution is 6.01. The molecule has 7 rings (SSSR count). The van der Waals surface area contributed by atoms with E-state index in [1.54, 1.807) is 29.4 Å². The number of carbonyl (C=O) groups is 3. The zero-order valence-electron chi connectivity index (χ0n) is 20.2. The molecule has 3 aliphatic rings. The average molecular weight is 510 g/mol. The molecule has 2 atom stereocenters. The van der Waals surface area contributed by atoms with Crippen molar-refractivity contribution in [1.29, 1.82) is 0 Å². The number of carbonyl (C=O) groups excluding carboxylic acids is 3. The highest BCUT2D eigenvalue weighted by Crippen LogP contribution is 2.44. The maximum Gasteiger partial charge on any atom is 0.246 e. The van der Waals surface area contributed by atoms with Crippen molar-refractivity contribution in [2.45, 2.75) is 18.5 Å². The van der Waals surface area contributed by atoms with Gasteiger partial charge in [0.2, 0.25) is 24.5 Å². The number of nitrogens with one attached hydrogen (secondary N) is 2. The van der Waals surface area contributed by atoms with E-state index in [4.69, 9.17) is 9.47 Å². The van der Waals surface area contributed by atoms with E-state index in [0.29, 0.717) is 23.6 Å². The van der Waals surface area contributed by atoms with Gasteiger partial charge in [-0.05, 0) is 41.5 Å². The first kappa shape index (κ1) is 22.3. The number of anilines is 1. The Kier molecular flexibility index (Phi) is 5.07. The first-order valence-corrected chi connectivity index (χ1v) is 12.4. The number of ether oxygens (including phenoxy) is 2. The predicted octanol–water partition coefficient (Wildman–Crippen LogP) is 2.62. The number of benzene rings is 2. The number of aromatic nitrogens is 2. The standard InChI is InChI=1S/C28H23N5O5/c34-24(30-17-7-9-29-10-8-17)13-32-14-25(35)33-21(28(32)36)12-19-18-3-1-2-4-20(18)31-26(19)27(33)16-5-6-22-23(11-16)38-15-37-22/h1-11,21,27,31H,12-15H2,(H,29,30,34)/t21-,27-/m1/s1. The fraction of sp³-hybridized carbons (Fsp3) is 0.214. The minimum atomic E-state index is -0.743. The Labute approximate surface area is 217 Å². The van der Waals surface area contributed by atoms with Crippen LogP contribution < -0.4 is 14.8 Å². The Hall–Kier alpha value is -4.86. The third kappa shape index (κ3) is 3.56. The van der Waals surface area contributed by atoms with Gasteiger partial charge in [-0.3, -0.25) is 19.4 Å². The molecule has 10 heteroatoms. The summed E-state index contributed by atoms with van der Waals surface area (Å²) in [5, 5.41) is 3.78. The van der Waals surface area contributed by atoms with E-state index in [-0.39, 0.29) is 37.6 Å². The lowest BCUT2D eigenvalue weighted by molar-refractivity contribution is -0.159. The third-order valence-electron chi connectivity index (χ3n) is 7.35. The zero-order chi connectivity index (χ0) is 25.8. The van der Waals surface area contributed by atoms with Crippen molar-refractivity contribution in [2.75, 3.05) is 25.2 Å². The van der Waals surface area contributed by atoms with Crippen LogP contribution in [0, 0.1) is 0 Å². The van der Waals surface area contributed by atoms with Crippen molar-refractivity contribution in [3.63, 3.8) is 0 Å². The molecule has 0 radical (unpaired) electrons. The maximum atomic E-state index is 13.8. The Bertz CT molecular complexity index is 1600. The normalized spacial score (nSPS) is 19.9. The molecular weight excluding hydrogens is 486 g/mol. The molecule has 190 valence electrons. The largest absolute Gasteiger partial charge is 0.454 e. The van der Waals surface area contributed by atoms with E-state index in [1.165, 1.54) is 4.90 Å². The molecule has 2 N–H and O–H groups in total. The molecule has 0 saturated carbocycles. The van der Waals surface area contributed by atoms with E-state index >= 15 is 0 Å². The van der Waals surface area contributed by atoms with Gasteiger partial charge >= 0.3 is 0 Å². The summed E-state index contributed by atoms with van der Waals surface area (Å²) in [7, 11) is 0. The van der Waals surface area contributed by atoms with Crippen LogP contribution in [-0.2, 0) is 20.8 Å². The summed E-state index contributed by atoms with van der Waals surface area (Å²) in [5.74, 6) is 0.397. The summed E-state index contributed by atoms with van der Waals surface area (Å²) in [5.41, 5.74) is 4.21. The minimum Gasteiger partial charge on any atom is -0.454 e. The van der Waals surface area contributed by atoms with Gasteiger partial charge in [0, 0.05) is 41.1 Å². The molecular formula is C28H23N5O5. The van der Waals surface area contributed by atoms with Crippen LogP contribution in [0.4, 0.5) is 5.69 Å². The van der Waals surface area contributed by atoms with Crippen molar-refractivity contribution in [2.24, 2.45) is 0 Å². The number of amides is 3. The fourth-order valence-electron chi connectivity index (χ4n) is 5.70. The molecule has 0 unspecified atom stereocenters. The van der Waals surface area contributed by atoms with Crippen LogP contribution in [0.25, 0.3) is 10.9 Å². The lowest BCUT2D eigenvalue weighted by atomic mass is 9.86. The van der Waals surface area contributed by atoms with Crippen molar-refractivity contribution in [3.05, 3.63) is 83.8 Å². The van der Waals surface area contributed by atoms with Gasteiger partial charge in [0.05, 0.1) is 6.04 Å². The number of aromatic amines is 1. The number of piperazine rings is 1. The van der Waals surface area contributed by atoms with Gasteiger partial charge in [-0.25, -0.2) is 0 Å². The maximum absolute atomic E-state index is 13.8. The number of hydrogen-bond acceptors (Lipinski definition) is 6. The van der Waals surface area contributed by atoms with Crippen LogP contribution in [0.3, 0.4) is 0 Å². The van der Waals surface area contributed by atoms with Crippen molar-refractivity contribution in [3.8, 4) is 11.5 Å². The van der Waals surface area contributed by atoms with Crippen LogP contribution >= 0.6 is 0 Å². The highest BCUT2D eigenvalue weighted by Gasteiger charge is 2.48. The van der Waals surface area contributed by atoms with E-state index in [2.05, 4.69) is 15.3 Å². The second-order valence-electron chi connectivity index (χ2n) is 9.58. The van der Waals surface area contributed by atoms with Crippen LogP contribution in [0.1, 0.15) is 22.9 Å². The van der Waals surface area contributed by atoms with Gasteiger partial charge in [0.1, 0.15) is 19.1 Å². The number of nitrogens with zero attached hydrogens (tertiary/aromatic N) is 3. The molecule has 10 nitrogen and oxygen atoms in total. The van der Waals surface area contributed by atoms with Gasteiger partial charge in [0.15, 0.2) is 11.5 Å². The lowest BCUT2D eigenvalue weighted by Gasteiger charge is -2.46. The number of para-hydroxylation sites is 1. The van der Waals surface area contributed by atoms with E-state index < -0.39 is 12.1 Å². The number of rotatable bonds is 4. The van der Waals surface area contributed by atoms with Crippen LogP contribution in [-0.4, -0.2) is 63.4 Å². The zero-order valence-corrected chi connectivity index (χ0v) is 20.2. The number of fused-ring (bicyclic) bond motifs is 5. The monoisotopic (exact) mass is 509 g/mol. The SMILES string of the molecule is O=C(CN1CC(=O)N2[C@H](c3ccc4c(c3)OCO4)c3[nH]c4ccccc4c3C[C@@H]2C1=O)Nc1ccncc1. The van der Waals surface area contributed by atoms with Gasteiger partial charge < -0.3 is 29.6 Å². The topological polar surface area (TPSA) is 117 Å². The van der Waals surface area contributed by atoms with Crippen molar-refractivity contribution in [1.82, 2.24) is 19.8 Å². The van der Waals surface area contributed by atoms with E-state index in [0.717, 1.165) is 27.7 Å². The molecule has 5 heterocycles. The average Bonchev–Trinajstić information content (AvgIpc) is 3.55. The molecule has 2 aromatic heterocycles. The second-order valence-corrected chi connectivity index (χ2v) is 9.58. The Morgan fingerprint density at radius 2 is 1.87 bits per heavy atom. The molecule has 2 aromatic carbocycles. The predicted molar refractivity (Wildman–Crippen MR) is 136 cm³/mol. The van der Waals surface area contributed by atoms with Crippen molar-refractivity contribution >= 4 is 34.3 Å². The first-order valence-electron chi connectivity index (χ1n) is 12.4. The highest BCUT2D eigenvalue weighted by atomic mass is 16.7. The van der Waals surface area contributed by atoms with Crippen LogP contribution in [0.2, 0.25) is 0 Å². The van der Waals surface area contributed by atoms with Gasteiger partial charge in [0.25, 0.3) is 0 Å². The summed E-state index contributed by atoms with van der Waals surface area (Å²) >= 11 is 0.